The van der Waals surface area contributed by atoms with Gasteiger partial charge in [-0.2, -0.15) is 0 Å². The summed E-state index contributed by atoms with van der Waals surface area (Å²) in [5.74, 6) is 0.100. The Morgan fingerprint density at radius 3 is 2.11 bits per heavy atom. The molecule has 0 aliphatic heterocycles. The summed E-state index contributed by atoms with van der Waals surface area (Å²) in [6.07, 6.45) is 0.412. The van der Waals surface area contributed by atoms with Gasteiger partial charge in [0, 0.05) is 0 Å². The third-order valence-corrected chi connectivity index (χ3v) is 1.70. The van der Waals surface area contributed by atoms with Crippen molar-refractivity contribution in [2.45, 2.75) is 32.3 Å². The van der Waals surface area contributed by atoms with Crippen molar-refractivity contribution < 1.29 is 9.36 Å². The topological polar surface area (TPSA) is 34.1 Å². The van der Waals surface area contributed by atoms with E-state index in [4.69, 9.17) is 0 Å². The molecular formula is C6H12O2P+. The molecule has 0 aromatic rings. The van der Waals surface area contributed by atoms with E-state index in [0.29, 0.717) is 6.42 Å². The molecule has 0 aromatic heterocycles. The fraction of sp³-hybridized carbons (Fsp3) is 0.833. The molecule has 0 saturated heterocycles. The Labute approximate surface area is 56.8 Å². The molecule has 0 aromatic carbocycles. The van der Waals surface area contributed by atoms with E-state index in [1.807, 2.05) is 13.8 Å². The van der Waals surface area contributed by atoms with Crippen LogP contribution in [0.4, 0.5) is 0 Å². The SMILES string of the molecule is CC(=O)CC(C)(C)[PH+]=O. The molecule has 0 rings (SSSR count). The zero-order chi connectivity index (χ0) is 7.49. The van der Waals surface area contributed by atoms with E-state index < -0.39 is 8.46 Å². The molecule has 52 valence electrons. The van der Waals surface area contributed by atoms with Crippen LogP contribution in [0.2, 0.25) is 0 Å². The molecule has 2 nitrogen and oxygen atoms in total. The Kier molecular flexibility index (Phi) is 2.99. The third kappa shape index (κ3) is 4.28. The molecule has 1 unspecified atom stereocenters. The van der Waals surface area contributed by atoms with Crippen molar-refractivity contribution in [3.8, 4) is 0 Å². The maximum atomic E-state index is 10.5. The summed E-state index contributed by atoms with van der Waals surface area (Å²) in [5.41, 5.74) is 0. The van der Waals surface area contributed by atoms with Crippen LogP contribution >= 0.6 is 8.46 Å². The maximum absolute atomic E-state index is 10.5. The largest absolute Gasteiger partial charge is 0.331 e. The van der Waals surface area contributed by atoms with Crippen molar-refractivity contribution in [3.63, 3.8) is 0 Å². The molecule has 9 heavy (non-hydrogen) atoms. The van der Waals surface area contributed by atoms with E-state index >= 15 is 0 Å². The van der Waals surface area contributed by atoms with Crippen LogP contribution < -0.4 is 0 Å². The number of carbonyl (C=O) groups is 1. The average Bonchev–Trinajstić information content (AvgIpc) is 1.63. The molecule has 0 fully saturated rings. The summed E-state index contributed by atoms with van der Waals surface area (Å²) in [4.78, 5) is 10.5. The summed E-state index contributed by atoms with van der Waals surface area (Å²) in [6.45, 7) is 5.15. The number of Topliss-reactive ketones (excluding diaryl/α,β-unsaturated/α-hetero) is 1. The van der Waals surface area contributed by atoms with Gasteiger partial charge in [0.05, 0.1) is 6.42 Å². The van der Waals surface area contributed by atoms with Gasteiger partial charge in [-0.1, -0.05) is 4.57 Å². The first-order valence-corrected chi connectivity index (χ1v) is 3.77. The van der Waals surface area contributed by atoms with Gasteiger partial charge in [0.25, 0.3) is 0 Å². The van der Waals surface area contributed by atoms with E-state index in [2.05, 4.69) is 0 Å². The fourth-order valence-electron chi connectivity index (χ4n) is 0.658. The molecule has 0 saturated carbocycles. The lowest BCUT2D eigenvalue weighted by Gasteiger charge is -2.03. The first-order valence-electron chi connectivity index (χ1n) is 2.87. The highest BCUT2D eigenvalue weighted by molar-refractivity contribution is 7.26. The highest BCUT2D eigenvalue weighted by atomic mass is 31.1. The Morgan fingerprint density at radius 1 is 1.56 bits per heavy atom. The smallest absolute Gasteiger partial charge is 0.300 e. The van der Waals surface area contributed by atoms with Crippen LogP contribution in [0.25, 0.3) is 0 Å². The van der Waals surface area contributed by atoms with Crippen molar-refractivity contribution in [3.05, 3.63) is 0 Å². The monoisotopic (exact) mass is 147 g/mol. The second-order valence-electron chi connectivity index (χ2n) is 2.86. The highest BCUT2D eigenvalue weighted by Gasteiger charge is 2.27. The number of ketones is 1. The molecule has 0 aliphatic rings. The second kappa shape index (κ2) is 3.07. The van der Waals surface area contributed by atoms with E-state index in [9.17, 15) is 9.36 Å². The van der Waals surface area contributed by atoms with Crippen LogP contribution in [0.15, 0.2) is 0 Å². The molecule has 0 spiro atoms. The molecular weight excluding hydrogens is 135 g/mol. The molecule has 0 aliphatic carbocycles. The average molecular weight is 147 g/mol. The Bertz CT molecular complexity index is 129. The maximum Gasteiger partial charge on any atom is 0.331 e. The summed E-state index contributed by atoms with van der Waals surface area (Å²) in [5, 5.41) is -0.314. The van der Waals surface area contributed by atoms with Gasteiger partial charge >= 0.3 is 8.46 Å². The number of hydrogen-bond donors (Lipinski definition) is 0. The predicted molar refractivity (Wildman–Crippen MR) is 38.4 cm³/mol. The summed E-state index contributed by atoms with van der Waals surface area (Å²) in [7, 11) is -0.394. The minimum Gasteiger partial charge on any atom is -0.300 e. The second-order valence-corrected chi connectivity index (χ2v) is 4.42. The minimum absolute atomic E-state index is 0.100. The van der Waals surface area contributed by atoms with Gasteiger partial charge in [0.15, 0.2) is 5.16 Å². The zero-order valence-electron chi connectivity index (χ0n) is 6.02. The standard InChI is InChI=1S/C6H11O2P/c1-5(7)4-6(2,3)9-8/h4H2,1-3H3/p+1. The predicted octanol–water partition coefficient (Wildman–Crippen LogP) is 1.77. The lowest BCUT2D eigenvalue weighted by molar-refractivity contribution is -0.117. The van der Waals surface area contributed by atoms with E-state index in [0.717, 1.165) is 0 Å². The Morgan fingerprint density at radius 2 is 2.00 bits per heavy atom. The van der Waals surface area contributed by atoms with Gasteiger partial charge in [0.1, 0.15) is 5.78 Å². The van der Waals surface area contributed by atoms with Crippen molar-refractivity contribution >= 4 is 14.2 Å². The number of carbonyl (C=O) groups excluding carboxylic acids is 1. The number of rotatable bonds is 3. The van der Waals surface area contributed by atoms with Crippen molar-refractivity contribution in [2.75, 3.05) is 0 Å². The molecule has 0 radical (unpaired) electrons. The first kappa shape index (κ1) is 8.77. The molecule has 3 heteroatoms. The van der Waals surface area contributed by atoms with Crippen LogP contribution in [0.1, 0.15) is 27.2 Å². The van der Waals surface area contributed by atoms with Gasteiger partial charge in [-0.3, -0.25) is 4.79 Å². The minimum atomic E-state index is -0.394. The Balaban J connectivity index is 3.86. The lowest BCUT2D eigenvalue weighted by atomic mass is 10.1. The van der Waals surface area contributed by atoms with Gasteiger partial charge in [-0.05, 0) is 20.8 Å². The highest BCUT2D eigenvalue weighted by Crippen LogP contribution is 2.25. The zero-order valence-corrected chi connectivity index (χ0v) is 7.02. The van der Waals surface area contributed by atoms with Crippen LogP contribution in [-0.2, 0) is 9.36 Å². The molecule has 0 N–H and O–H groups in total. The van der Waals surface area contributed by atoms with E-state index in [1.54, 1.807) is 0 Å². The molecule has 0 heterocycles. The summed E-state index contributed by atoms with van der Waals surface area (Å²) in [6, 6.07) is 0. The van der Waals surface area contributed by atoms with Crippen LogP contribution in [0.3, 0.4) is 0 Å². The van der Waals surface area contributed by atoms with Gasteiger partial charge < -0.3 is 0 Å². The third-order valence-electron chi connectivity index (χ3n) is 0.967. The number of hydrogen-bond acceptors (Lipinski definition) is 2. The van der Waals surface area contributed by atoms with Gasteiger partial charge in [0.2, 0.25) is 0 Å². The van der Waals surface area contributed by atoms with Crippen LogP contribution in [0.5, 0.6) is 0 Å². The summed E-state index contributed by atoms with van der Waals surface area (Å²) >= 11 is 0. The van der Waals surface area contributed by atoms with Crippen molar-refractivity contribution in [1.29, 1.82) is 0 Å². The normalized spacial score (nSPS) is 11.9. The lowest BCUT2D eigenvalue weighted by Crippen LogP contribution is -2.14. The summed E-state index contributed by atoms with van der Waals surface area (Å²) < 4.78 is 10.4. The van der Waals surface area contributed by atoms with Gasteiger partial charge in [-0.25, -0.2) is 0 Å². The quantitative estimate of drug-likeness (QED) is 0.570. The first-order chi connectivity index (χ1) is 3.98. The molecule has 0 bridgehead atoms. The van der Waals surface area contributed by atoms with E-state index in [1.165, 1.54) is 6.92 Å². The van der Waals surface area contributed by atoms with Crippen LogP contribution in [-0.4, -0.2) is 10.9 Å². The van der Waals surface area contributed by atoms with Crippen molar-refractivity contribution in [2.24, 2.45) is 0 Å². The van der Waals surface area contributed by atoms with Gasteiger partial charge in [-0.15, -0.1) is 0 Å². The fourth-order valence-corrected chi connectivity index (χ4v) is 0.980. The Hall–Kier alpha value is -0.230. The van der Waals surface area contributed by atoms with Crippen LogP contribution in [0, 0.1) is 0 Å². The van der Waals surface area contributed by atoms with Crippen molar-refractivity contribution in [1.82, 2.24) is 0 Å². The van der Waals surface area contributed by atoms with E-state index in [-0.39, 0.29) is 10.9 Å². The molecule has 1 atom stereocenters. The molecule has 0 amide bonds.